The third kappa shape index (κ3) is 2.34. The van der Waals surface area contributed by atoms with Crippen molar-refractivity contribution < 1.29 is 14.3 Å². The van der Waals surface area contributed by atoms with Crippen molar-refractivity contribution in [3.63, 3.8) is 0 Å². The predicted octanol–water partition coefficient (Wildman–Crippen LogP) is 3.15. The second kappa shape index (κ2) is 5.30. The smallest absolute Gasteiger partial charge is 0.237 e. The first kappa shape index (κ1) is 14.1. The zero-order valence-electron chi connectivity index (χ0n) is 13.1. The summed E-state index contributed by atoms with van der Waals surface area (Å²) in [4.78, 5) is 14.8. The van der Waals surface area contributed by atoms with Crippen LogP contribution in [-0.4, -0.2) is 26.2 Å². The minimum atomic E-state index is -0.416. The normalized spacial score (nSPS) is 17.4. The first-order valence-corrected chi connectivity index (χ1v) is 7.94. The summed E-state index contributed by atoms with van der Waals surface area (Å²) < 4.78 is 11.2. The average Bonchev–Trinajstić information content (AvgIpc) is 3.43. The van der Waals surface area contributed by atoms with E-state index in [-0.39, 0.29) is 5.91 Å². The van der Waals surface area contributed by atoms with Gasteiger partial charge in [-0.05, 0) is 42.7 Å². The standard InChI is InChI=1S/C19H19NO3/c1-20(15-5-3-2-4-6-15)18(21)19(9-10-19)14-7-8-16-17(13-14)23-12-11-22-16/h2-8,13H,9-12H2,1H3. The fourth-order valence-electron chi connectivity index (χ4n) is 3.18. The van der Waals surface area contributed by atoms with Crippen LogP contribution in [0.2, 0.25) is 0 Å². The summed E-state index contributed by atoms with van der Waals surface area (Å²) in [6.45, 7) is 1.13. The minimum Gasteiger partial charge on any atom is -0.486 e. The number of carbonyl (C=O) groups excluding carboxylic acids is 1. The molecular formula is C19H19NO3. The lowest BCUT2D eigenvalue weighted by Crippen LogP contribution is -2.36. The predicted molar refractivity (Wildman–Crippen MR) is 88.2 cm³/mol. The van der Waals surface area contributed by atoms with Crippen molar-refractivity contribution in [3.8, 4) is 11.5 Å². The van der Waals surface area contributed by atoms with E-state index in [0.29, 0.717) is 13.2 Å². The van der Waals surface area contributed by atoms with Gasteiger partial charge in [-0.2, -0.15) is 0 Å². The van der Waals surface area contributed by atoms with Gasteiger partial charge in [0.05, 0.1) is 5.41 Å². The lowest BCUT2D eigenvalue weighted by atomic mass is 9.93. The number of amides is 1. The van der Waals surface area contributed by atoms with Crippen molar-refractivity contribution in [2.45, 2.75) is 18.3 Å². The number of carbonyl (C=O) groups is 1. The molecule has 4 rings (SSSR count). The Bertz CT molecular complexity index is 738. The summed E-state index contributed by atoms with van der Waals surface area (Å²) in [5.74, 6) is 1.65. The molecule has 0 spiro atoms. The fourth-order valence-corrected chi connectivity index (χ4v) is 3.18. The molecule has 4 heteroatoms. The zero-order chi connectivity index (χ0) is 15.9. The molecule has 23 heavy (non-hydrogen) atoms. The van der Waals surface area contributed by atoms with Gasteiger partial charge in [0.25, 0.3) is 0 Å². The Labute approximate surface area is 135 Å². The Balaban J connectivity index is 1.64. The van der Waals surface area contributed by atoms with Crippen LogP contribution in [-0.2, 0) is 10.2 Å². The second-order valence-corrected chi connectivity index (χ2v) is 6.14. The molecule has 0 N–H and O–H groups in total. The highest BCUT2D eigenvalue weighted by Gasteiger charge is 2.53. The first-order chi connectivity index (χ1) is 11.2. The highest BCUT2D eigenvalue weighted by Crippen LogP contribution is 2.51. The van der Waals surface area contributed by atoms with Gasteiger partial charge in [0.1, 0.15) is 13.2 Å². The molecule has 2 aromatic carbocycles. The Hall–Kier alpha value is -2.49. The largest absolute Gasteiger partial charge is 0.486 e. The van der Waals surface area contributed by atoms with Gasteiger partial charge < -0.3 is 14.4 Å². The SMILES string of the molecule is CN(C(=O)C1(c2ccc3c(c2)OCCO3)CC1)c1ccccc1. The number of likely N-dealkylation sites (N-methyl/N-ethyl adjacent to an activating group) is 1. The Kier molecular flexibility index (Phi) is 3.26. The van der Waals surface area contributed by atoms with E-state index in [4.69, 9.17) is 9.47 Å². The quantitative estimate of drug-likeness (QED) is 0.874. The van der Waals surface area contributed by atoms with Gasteiger partial charge in [-0.1, -0.05) is 24.3 Å². The van der Waals surface area contributed by atoms with Crippen LogP contribution in [0.3, 0.4) is 0 Å². The molecule has 0 unspecified atom stereocenters. The monoisotopic (exact) mass is 309 g/mol. The summed E-state index contributed by atoms with van der Waals surface area (Å²) in [5, 5.41) is 0. The van der Waals surface area contributed by atoms with Crippen LogP contribution in [0.25, 0.3) is 0 Å². The van der Waals surface area contributed by atoms with Gasteiger partial charge in [0, 0.05) is 12.7 Å². The molecule has 0 atom stereocenters. The maximum Gasteiger partial charge on any atom is 0.237 e. The molecule has 2 aromatic rings. The summed E-state index contributed by atoms with van der Waals surface area (Å²) in [5.41, 5.74) is 1.52. The lowest BCUT2D eigenvalue weighted by Gasteiger charge is -2.25. The maximum atomic E-state index is 13.1. The number of hydrogen-bond donors (Lipinski definition) is 0. The van der Waals surface area contributed by atoms with Gasteiger partial charge in [-0.25, -0.2) is 0 Å². The van der Waals surface area contributed by atoms with E-state index in [2.05, 4.69) is 0 Å². The molecule has 1 heterocycles. The number of benzene rings is 2. The van der Waals surface area contributed by atoms with Crippen molar-refractivity contribution >= 4 is 11.6 Å². The molecule has 0 bridgehead atoms. The molecule has 1 amide bonds. The summed E-state index contributed by atoms with van der Waals surface area (Å²) in [6.07, 6.45) is 1.76. The Morgan fingerprint density at radius 3 is 2.39 bits per heavy atom. The highest BCUT2D eigenvalue weighted by atomic mass is 16.6. The van der Waals surface area contributed by atoms with Crippen LogP contribution < -0.4 is 14.4 Å². The van der Waals surface area contributed by atoms with Crippen LogP contribution >= 0.6 is 0 Å². The van der Waals surface area contributed by atoms with Crippen LogP contribution in [0.1, 0.15) is 18.4 Å². The van der Waals surface area contributed by atoms with E-state index in [1.165, 1.54) is 0 Å². The number of fused-ring (bicyclic) bond motifs is 1. The van der Waals surface area contributed by atoms with E-state index in [9.17, 15) is 4.79 Å². The maximum absolute atomic E-state index is 13.1. The second-order valence-electron chi connectivity index (χ2n) is 6.14. The lowest BCUT2D eigenvalue weighted by molar-refractivity contribution is -0.120. The van der Waals surface area contributed by atoms with Crippen molar-refractivity contribution in [1.82, 2.24) is 0 Å². The highest BCUT2D eigenvalue weighted by molar-refractivity contribution is 6.03. The van der Waals surface area contributed by atoms with E-state index >= 15 is 0 Å². The number of anilines is 1. The number of rotatable bonds is 3. The van der Waals surface area contributed by atoms with E-state index < -0.39 is 5.41 Å². The molecule has 4 nitrogen and oxygen atoms in total. The third-order valence-electron chi connectivity index (χ3n) is 4.70. The molecule has 1 fully saturated rings. The first-order valence-electron chi connectivity index (χ1n) is 7.94. The number of nitrogens with zero attached hydrogens (tertiary/aromatic N) is 1. The molecule has 1 aliphatic heterocycles. The third-order valence-corrected chi connectivity index (χ3v) is 4.70. The van der Waals surface area contributed by atoms with Crippen LogP contribution in [0.5, 0.6) is 11.5 Å². The van der Waals surface area contributed by atoms with Gasteiger partial charge in [0.15, 0.2) is 11.5 Å². The summed E-state index contributed by atoms with van der Waals surface area (Å²) in [7, 11) is 1.84. The van der Waals surface area contributed by atoms with E-state index in [0.717, 1.165) is 35.6 Å². The number of para-hydroxylation sites is 1. The molecule has 1 saturated carbocycles. The molecule has 1 aliphatic carbocycles. The van der Waals surface area contributed by atoms with Crippen molar-refractivity contribution in [2.24, 2.45) is 0 Å². The topological polar surface area (TPSA) is 38.8 Å². The molecular weight excluding hydrogens is 290 g/mol. The van der Waals surface area contributed by atoms with Gasteiger partial charge >= 0.3 is 0 Å². The van der Waals surface area contributed by atoms with Crippen molar-refractivity contribution in [1.29, 1.82) is 0 Å². The average molecular weight is 309 g/mol. The molecule has 0 saturated heterocycles. The molecule has 2 aliphatic rings. The fraction of sp³-hybridized carbons (Fsp3) is 0.316. The number of ether oxygens (including phenoxy) is 2. The van der Waals surface area contributed by atoms with Crippen molar-refractivity contribution in [2.75, 3.05) is 25.2 Å². The van der Waals surface area contributed by atoms with E-state index in [1.54, 1.807) is 4.90 Å². The van der Waals surface area contributed by atoms with E-state index in [1.807, 2.05) is 55.6 Å². The Morgan fingerprint density at radius 1 is 1.00 bits per heavy atom. The molecule has 118 valence electrons. The van der Waals surface area contributed by atoms with Gasteiger partial charge in [-0.3, -0.25) is 4.79 Å². The molecule has 0 radical (unpaired) electrons. The van der Waals surface area contributed by atoms with Gasteiger partial charge in [-0.15, -0.1) is 0 Å². The van der Waals surface area contributed by atoms with Crippen LogP contribution in [0.15, 0.2) is 48.5 Å². The zero-order valence-corrected chi connectivity index (χ0v) is 13.1. The van der Waals surface area contributed by atoms with Gasteiger partial charge in [0.2, 0.25) is 5.91 Å². The molecule has 0 aromatic heterocycles. The summed E-state index contributed by atoms with van der Waals surface area (Å²) >= 11 is 0. The Morgan fingerprint density at radius 2 is 1.70 bits per heavy atom. The number of hydrogen-bond acceptors (Lipinski definition) is 3. The minimum absolute atomic E-state index is 0.139. The van der Waals surface area contributed by atoms with Crippen molar-refractivity contribution in [3.05, 3.63) is 54.1 Å². The van der Waals surface area contributed by atoms with Crippen LogP contribution in [0, 0.1) is 0 Å². The summed E-state index contributed by atoms with van der Waals surface area (Å²) in [6, 6.07) is 15.6. The van der Waals surface area contributed by atoms with Crippen LogP contribution in [0.4, 0.5) is 5.69 Å².